The van der Waals surface area contributed by atoms with Crippen LogP contribution in [0, 0.1) is 6.92 Å². The van der Waals surface area contributed by atoms with Gasteiger partial charge in [-0.1, -0.05) is 12.8 Å². The summed E-state index contributed by atoms with van der Waals surface area (Å²) < 4.78 is 25.7. The number of nitrogens with one attached hydrogen (secondary N) is 2. The van der Waals surface area contributed by atoms with Gasteiger partial charge in [0.05, 0.1) is 17.0 Å². The topological polar surface area (TPSA) is 101 Å². The number of halogens is 1. The standard InChI is InChI=1S/C15H23N3O3S.ClH/c1-3-22(20,21)18-13-7-6-12(10-11(13)2)17-14(19)15(16)8-4-5-9-15;/h6-7,10,18H,3-5,8-9,16H2,1-2H3,(H,17,19);1H. The van der Waals surface area contributed by atoms with Crippen LogP contribution in [-0.4, -0.2) is 25.6 Å². The first-order valence-electron chi connectivity index (χ1n) is 7.47. The zero-order valence-electron chi connectivity index (χ0n) is 13.4. The summed E-state index contributed by atoms with van der Waals surface area (Å²) in [7, 11) is -3.31. The molecule has 0 unspecified atom stereocenters. The molecule has 0 aromatic heterocycles. The molecule has 2 rings (SSSR count). The van der Waals surface area contributed by atoms with Gasteiger partial charge in [0.1, 0.15) is 0 Å². The Morgan fingerprint density at radius 3 is 2.43 bits per heavy atom. The third-order valence-electron chi connectivity index (χ3n) is 4.08. The van der Waals surface area contributed by atoms with E-state index in [2.05, 4.69) is 10.0 Å². The summed E-state index contributed by atoms with van der Waals surface area (Å²) in [6.45, 7) is 3.37. The second-order valence-corrected chi connectivity index (χ2v) is 7.86. The molecule has 0 aliphatic heterocycles. The fraction of sp³-hybridized carbons (Fsp3) is 0.533. The van der Waals surface area contributed by atoms with Crippen molar-refractivity contribution >= 4 is 39.7 Å². The maximum atomic E-state index is 12.3. The van der Waals surface area contributed by atoms with E-state index in [1.54, 1.807) is 32.0 Å². The highest BCUT2D eigenvalue weighted by Gasteiger charge is 2.36. The molecular formula is C15H24ClN3O3S. The number of sulfonamides is 1. The zero-order chi connectivity index (χ0) is 16.4. The maximum Gasteiger partial charge on any atom is 0.244 e. The van der Waals surface area contributed by atoms with Crippen molar-refractivity contribution in [2.24, 2.45) is 5.73 Å². The molecule has 0 radical (unpaired) electrons. The fourth-order valence-corrected chi connectivity index (χ4v) is 3.29. The molecule has 130 valence electrons. The predicted molar refractivity (Wildman–Crippen MR) is 95.5 cm³/mol. The summed E-state index contributed by atoms with van der Waals surface area (Å²) in [5.74, 6) is -0.160. The van der Waals surface area contributed by atoms with Gasteiger partial charge in [0.2, 0.25) is 15.9 Å². The Morgan fingerprint density at radius 1 is 1.30 bits per heavy atom. The number of hydrogen-bond acceptors (Lipinski definition) is 4. The summed E-state index contributed by atoms with van der Waals surface area (Å²) in [5.41, 5.74) is 7.22. The molecule has 23 heavy (non-hydrogen) atoms. The van der Waals surface area contributed by atoms with E-state index in [4.69, 9.17) is 5.73 Å². The number of nitrogens with two attached hydrogens (primary N) is 1. The van der Waals surface area contributed by atoms with Crippen molar-refractivity contribution < 1.29 is 13.2 Å². The Bertz CT molecular complexity index is 671. The van der Waals surface area contributed by atoms with Crippen molar-refractivity contribution in [1.82, 2.24) is 0 Å². The molecule has 0 saturated heterocycles. The number of carbonyl (C=O) groups is 1. The zero-order valence-corrected chi connectivity index (χ0v) is 15.0. The highest BCUT2D eigenvalue weighted by molar-refractivity contribution is 7.92. The van der Waals surface area contributed by atoms with Crippen molar-refractivity contribution in [3.05, 3.63) is 23.8 Å². The van der Waals surface area contributed by atoms with Crippen LogP contribution in [0.1, 0.15) is 38.2 Å². The van der Waals surface area contributed by atoms with E-state index >= 15 is 0 Å². The van der Waals surface area contributed by atoms with Gasteiger partial charge in [0.15, 0.2) is 0 Å². The van der Waals surface area contributed by atoms with Gasteiger partial charge in [-0.2, -0.15) is 0 Å². The Kier molecular flexibility index (Phi) is 6.44. The molecule has 1 aromatic carbocycles. The Balaban J connectivity index is 0.00000264. The van der Waals surface area contributed by atoms with Gasteiger partial charge in [-0.05, 0) is 50.5 Å². The van der Waals surface area contributed by atoms with E-state index in [1.165, 1.54) is 0 Å². The van der Waals surface area contributed by atoms with Gasteiger partial charge in [-0.3, -0.25) is 9.52 Å². The van der Waals surface area contributed by atoms with Crippen molar-refractivity contribution in [1.29, 1.82) is 0 Å². The first kappa shape index (κ1) is 19.7. The molecule has 1 aromatic rings. The van der Waals surface area contributed by atoms with E-state index in [-0.39, 0.29) is 24.1 Å². The smallest absolute Gasteiger partial charge is 0.244 e. The Labute approximate surface area is 143 Å². The molecule has 0 atom stereocenters. The Hall–Kier alpha value is -1.31. The molecule has 6 nitrogen and oxygen atoms in total. The third-order valence-corrected chi connectivity index (χ3v) is 5.37. The lowest BCUT2D eigenvalue weighted by Gasteiger charge is -2.22. The SMILES string of the molecule is CCS(=O)(=O)Nc1ccc(NC(=O)C2(N)CCCC2)cc1C.Cl. The largest absolute Gasteiger partial charge is 0.324 e. The lowest BCUT2D eigenvalue weighted by atomic mass is 9.98. The summed E-state index contributed by atoms with van der Waals surface area (Å²) in [6.07, 6.45) is 3.35. The second-order valence-electron chi connectivity index (χ2n) is 5.85. The molecular weight excluding hydrogens is 338 g/mol. The number of aryl methyl sites for hydroxylation is 1. The molecule has 0 bridgehead atoms. The number of hydrogen-bond donors (Lipinski definition) is 3. The van der Waals surface area contributed by atoms with E-state index < -0.39 is 15.6 Å². The van der Waals surface area contributed by atoms with E-state index in [9.17, 15) is 13.2 Å². The van der Waals surface area contributed by atoms with Crippen LogP contribution < -0.4 is 15.8 Å². The summed E-state index contributed by atoms with van der Waals surface area (Å²) in [4.78, 5) is 12.3. The fourth-order valence-electron chi connectivity index (χ4n) is 2.58. The third kappa shape index (κ3) is 4.83. The quantitative estimate of drug-likeness (QED) is 0.749. The molecule has 0 heterocycles. The van der Waals surface area contributed by atoms with Crippen LogP contribution >= 0.6 is 12.4 Å². The monoisotopic (exact) mass is 361 g/mol. The molecule has 1 amide bonds. The summed E-state index contributed by atoms with van der Waals surface area (Å²) in [6, 6.07) is 5.07. The number of benzene rings is 1. The van der Waals surface area contributed by atoms with Crippen molar-refractivity contribution in [3.8, 4) is 0 Å². The van der Waals surface area contributed by atoms with Crippen LogP contribution in [0.15, 0.2) is 18.2 Å². The maximum absolute atomic E-state index is 12.3. The average Bonchev–Trinajstić information content (AvgIpc) is 2.90. The van der Waals surface area contributed by atoms with Crippen molar-refractivity contribution in [3.63, 3.8) is 0 Å². The minimum Gasteiger partial charge on any atom is -0.324 e. The van der Waals surface area contributed by atoms with Gasteiger partial charge < -0.3 is 11.1 Å². The molecule has 8 heteroatoms. The lowest BCUT2D eigenvalue weighted by molar-refractivity contribution is -0.121. The van der Waals surface area contributed by atoms with Crippen LogP contribution in [0.5, 0.6) is 0 Å². The minimum absolute atomic E-state index is 0. The van der Waals surface area contributed by atoms with Crippen LogP contribution in [-0.2, 0) is 14.8 Å². The van der Waals surface area contributed by atoms with Crippen LogP contribution in [0.4, 0.5) is 11.4 Å². The highest BCUT2D eigenvalue weighted by Crippen LogP contribution is 2.29. The summed E-state index contributed by atoms with van der Waals surface area (Å²) >= 11 is 0. The van der Waals surface area contributed by atoms with Crippen LogP contribution in [0.25, 0.3) is 0 Å². The lowest BCUT2D eigenvalue weighted by Crippen LogP contribution is -2.48. The van der Waals surface area contributed by atoms with E-state index in [0.717, 1.165) is 18.4 Å². The molecule has 1 saturated carbocycles. The van der Waals surface area contributed by atoms with Gasteiger partial charge in [-0.15, -0.1) is 12.4 Å². The first-order chi connectivity index (χ1) is 10.3. The van der Waals surface area contributed by atoms with Crippen molar-refractivity contribution in [2.45, 2.75) is 45.1 Å². The number of carbonyl (C=O) groups excluding carboxylic acids is 1. The van der Waals surface area contributed by atoms with Crippen molar-refractivity contribution in [2.75, 3.05) is 15.8 Å². The van der Waals surface area contributed by atoms with E-state index in [1.807, 2.05) is 0 Å². The highest BCUT2D eigenvalue weighted by atomic mass is 35.5. The molecule has 1 fully saturated rings. The molecule has 1 aliphatic carbocycles. The van der Waals surface area contributed by atoms with Gasteiger partial charge in [0, 0.05) is 5.69 Å². The summed E-state index contributed by atoms with van der Waals surface area (Å²) in [5, 5.41) is 2.83. The number of amides is 1. The normalized spacial score (nSPS) is 16.5. The van der Waals surface area contributed by atoms with E-state index in [0.29, 0.717) is 24.2 Å². The average molecular weight is 362 g/mol. The van der Waals surface area contributed by atoms with Gasteiger partial charge >= 0.3 is 0 Å². The first-order valence-corrected chi connectivity index (χ1v) is 9.12. The van der Waals surface area contributed by atoms with Gasteiger partial charge in [0.25, 0.3) is 0 Å². The minimum atomic E-state index is -3.31. The number of rotatable bonds is 5. The predicted octanol–water partition coefficient (Wildman–Crippen LogP) is 2.39. The number of anilines is 2. The molecule has 1 aliphatic rings. The van der Waals surface area contributed by atoms with Gasteiger partial charge in [-0.25, -0.2) is 8.42 Å². The molecule has 0 spiro atoms. The Morgan fingerprint density at radius 2 is 1.91 bits per heavy atom. The van der Waals surface area contributed by atoms with Crippen LogP contribution in [0.2, 0.25) is 0 Å². The van der Waals surface area contributed by atoms with Crippen LogP contribution in [0.3, 0.4) is 0 Å². The second kappa shape index (κ2) is 7.51. The molecule has 4 N–H and O–H groups in total.